The molecule has 4 nitrogen and oxygen atoms in total. The predicted molar refractivity (Wildman–Crippen MR) is 41.3 cm³/mol. The quantitative estimate of drug-likeness (QED) is 0.166. The molecule has 0 bridgehead atoms. The molecule has 64 valence electrons. The van der Waals surface area contributed by atoms with Gasteiger partial charge in [0, 0.05) is 0 Å². The van der Waals surface area contributed by atoms with Crippen molar-refractivity contribution in [2.75, 3.05) is 0 Å². The predicted octanol–water partition coefficient (Wildman–Crippen LogP) is 1.33. The van der Waals surface area contributed by atoms with Gasteiger partial charge in [-0.2, -0.15) is 0 Å². The maximum absolute atomic E-state index is 10.1. The van der Waals surface area contributed by atoms with Crippen LogP contribution in [-0.4, -0.2) is 16.3 Å². The molecule has 0 fully saturated rings. The zero-order chi connectivity index (χ0) is 9.40. The lowest BCUT2D eigenvalue weighted by molar-refractivity contribution is -0.210. The molecule has 0 saturated carbocycles. The van der Waals surface area contributed by atoms with E-state index in [9.17, 15) is 4.79 Å². The van der Waals surface area contributed by atoms with E-state index in [0.717, 1.165) is 0 Å². The van der Waals surface area contributed by atoms with Gasteiger partial charge in [0.15, 0.2) is 0 Å². The van der Waals surface area contributed by atoms with E-state index in [1.54, 1.807) is 19.1 Å². The van der Waals surface area contributed by atoms with Crippen LogP contribution in [0, 0.1) is 0 Å². The van der Waals surface area contributed by atoms with Crippen LogP contribution in [0.5, 0.6) is 0 Å². The number of allylic oxidation sites excluding steroid dienone is 3. The van der Waals surface area contributed by atoms with Gasteiger partial charge < -0.3 is 9.99 Å². The Bertz CT molecular complexity index is 275. The Morgan fingerprint density at radius 2 is 2.25 bits per heavy atom. The second-order valence-electron chi connectivity index (χ2n) is 1.69. The summed E-state index contributed by atoms with van der Waals surface area (Å²) in [4.78, 5) is 13.6. The summed E-state index contributed by atoms with van der Waals surface area (Å²) < 4.78 is 0. The minimum atomic E-state index is -1.40. The van der Waals surface area contributed by atoms with E-state index >= 15 is 0 Å². The molecule has 0 amide bonds. The third kappa shape index (κ3) is 4.14. The fraction of sp³-hybridized carbons (Fsp3) is 0.125. The van der Waals surface area contributed by atoms with Crippen molar-refractivity contribution in [2.24, 2.45) is 0 Å². The molecule has 0 atom stereocenters. The fourth-order valence-electron chi connectivity index (χ4n) is 0.367. The van der Waals surface area contributed by atoms with Crippen molar-refractivity contribution in [2.45, 2.75) is 6.92 Å². The number of carbonyl (C=O) groups is 1. The van der Waals surface area contributed by atoms with Crippen molar-refractivity contribution in [1.29, 1.82) is 0 Å². The minimum Gasteiger partial charge on any atom is -0.475 e. The van der Waals surface area contributed by atoms with Gasteiger partial charge in [0.25, 0.3) is 5.76 Å². The van der Waals surface area contributed by atoms with Gasteiger partial charge in [-0.3, -0.25) is 0 Å². The van der Waals surface area contributed by atoms with Gasteiger partial charge in [-0.05, 0) is 18.7 Å². The third-order valence-electron chi connectivity index (χ3n) is 0.843. The van der Waals surface area contributed by atoms with Gasteiger partial charge in [-0.15, -0.1) is 0 Å². The maximum atomic E-state index is 10.1. The molecule has 0 unspecified atom stereocenters. The van der Waals surface area contributed by atoms with Crippen LogP contribution in [0.2, 0.25) is 0 Å². The largest absolute Gasteiger partial charge is 0.475 e. The molecular formula is C8H8O4. The van der Waals surface area contributed by atoms with Crippen LogP contribution >= 0.6 is 0 Å². The first-order valence-corrected chi connectivity index (χ1v) is 3.10. The monoisotopic (exact) mass is 168 g/mol. The van der Waals surface area contributed by atoms with E-state index in [1.807, 2.05) is 0 Å². The normalized spacial score (nSPS) is 8.50. The number of hydrogen-bond acceptors (Lipinski definition) is 3. The van der Waals surface area contributed by atoms with Crippen molar-refractivity contribution in [3.8, 4) is 0 Å². The molecule has 0 aromatic heterocycles. The van der Waals surface area contributed by atoms with Crippen LogP contribution in [0.1, 0.15) is 6.92 Å². The van der Waals surface area contributed by atoms with E-state index in [4.69, 9.17) is 10.4 Å². The average molecular weight is 168 g/mol. The Balaban J connectivity index is 4.69. The summed E-state index contributed by atoms with van der Waals surface area (Å²) in [5.74, 6) is -2.10. The van der Waals surface area contributed by atoms with Gasteiger partial charge in [0.2, 0.25) is 0 Å². The van der Waals surface area contributed by atoms with Crippen molar-refractivity contribution < 1.29 is 20.0 Å². The first-order chi connectivity index (χ1) is 5.72. The van der Waals surface area contributed by atoms with E-state index in [-0.39, 0.29) is 0 Å². The average Bonchev–Trinajstić information content (AvgIpc) is 2.04. The van der Waals surface area contributed by atoms with Crippen molar-refractivity contribution in [3.63, 3.8) is 0 Å². The van der Waals surface area contributed by atoms with Crippen LogP contribution in [0.15, 0.2) is 35.4 Å². The van der Waals surface area contributed by atoms with Crippen molar-refractivity contribution in [1.82, 2.24) is 0 Å². The second-order valence-corrected chi connectivity index (χ2v) is 1.69. The van der Waals surface area contributed by atoms with Gasteiger partial charge in [0.05, 0.1) is 0 Å². The third-order valence-corrected chi connectivity index (χ3v) is 0.843. The fourth-order valence-corrected chi connectivity index (χ4v) is 0.367. The highest BCUT2D eigenvalue weighted by atomic mass is 17.1. The van der Waals surface area contributed by atoms with E-state index in [0.29, 0.717) is 0 Å². The molecule has 4 heteroatoms. The van der Waals surface area contributed by atoms with Crippen LogP contribution in [0.4, 0.5) is 0 Å². The zero-order valence-corrected chi connectivity index (χ0v) is 6.44. The number of aliphatic carboxylic acids is 1. The Kier molecular flexibility index (Phi) is 5.14. The lowest BCUT2D eigenvalue weighted by Gasteiger charge is -1.88. The van der Waals surface area contributed by atoms with Crippen LogP contribution in [0.25, 0.3) is 0 Å². The molecule has 12 heavy (non-hydrogen) atoms. The van der Waals surface area contributed by atoms with Crippen molar-refractivity contribution in [3.05, 3.63) is 35.4 Å². The lowest BCUT2D eigenvalue weighted by Crippen LogP contribution is -2.00. The highest BCUT2D eigenvalue weighted by Gasteiger charge is 2.05. The minimum absolute atomic E-state index is 0.698. The first-order valence-electron chi connectivity index (χ1n) is 3.10. The molecule has 0 rings (SSSR count). The summed E-state index contributed by atoms with van der Waals surface area (Å²) in [5.41, 5.74) is 4.45. The Labute approximate surface area is 69.3 Å². The van der Waals surface area contributed by atoms with Crippen molar-refractivity contribution >= 4 is 5.97 Å². The Morgan fingerprint density at radius 3 is 2.67 bits per heavy atom. The molecule has 0 radical (unpaired) electrons. The molecule has 0 spiro atoms. The highest BCUT2D eigenvalue weighted by Crippen LogP contribution is 1.89. The van der Waals surface area contributed by atoms with Gasteiger partial charge in [-0.25, -0.2) is 10.1 Å². The molecule has 0 aliphatic carbocycles. The smallest absolute Gasteiger partial charge is 0.384 e. The number of carboxylic acids is 1. The molecule has 0 saturated heterocycles. The molecule has 0 heterocycles. The molecule has 0 aliphatic heterocycles. The lowest BCUT2D eigenvalue weighted by atomic mass is 10.5. The van der Waals surface area contributed by atoms with Crippen LogP contribution < -0.4 is 0 Å². The molecule has 0 aliphatic rings. The maximum Gasteiger partial charge on any atom is 0.384 e. The molecule has 2 N–H and O–H groups in total. The van der Waals surface area contributed by atoms with Gasteiger partial charge >= 0.3 is 5.97 Å². The molecule has 0 aromatic rings. The summed E-state index contributed by atoms with van der Waals surface area (Å²) in [6.07, 6.45) is 4.79. The number of hydrogen-bond donors (Lipinski definition) is 2. The standard InChI is InChI=1S/C8H8O4/c1-2-3-4-5-6-7(12-11)8(9)10/h2-4,11H,1H3,(H,9,10). The Hall–Kier alpha value is -1.73. The van der Waals surface area contributed by atoms with Gasteiger partial charge in [0.1, 0.15) is 0 Å². The summed E-state index contributed by atoms with van der Waals surface area (Å²) >= 11 is 0. The van der Waals surface area contributed by atoms with Crippen LogP contribution in [-0.2, 0) is 9.68 Å². The SMILES string of the molecule is CC=CC=C=C=C(OO)C(=O)O. The van der Waals surface area contributed by atoms with E-state index in [2.05, 4.69) is 16.4 Å². The topological polar surface area (TPSA) is 66.8 Å². The molecular weight excluding hydrogens is 160 g/mol. The number of carboxylic acid groups (broad SMARTS) is 1. The Morgan fingerprint density at radius 1 is 1.58 bits per heavy atom. The van der Waals surface area contributed by atoms with Crippen LogP contribution in [0.3, 0.4) is 0 Å². The summed E-state index contributed by atoms with van der Waals surface area (Å²) in [7, 11) is 0. The van der Waals surface area contributed by atoms with E-state index < -0.39 is 11.7 Å². The first kappa shape index (κ1) is 10.3. The zero-order valence-electron chi connectivity index (χ0n) is 6.44. The number of rotatable bonds is 3. The highest BCUT2D eigenvalue weighted by molar-refractivity contribution is 5.83. The summed E-state index contributed by atoms with van der Waals surface area (Å²) in [6.45, 7) is 1.79. The van der Waals surface area contributed by atoms with E-state index in [1.165, 1.54) is 6.08 Å². The summed E-state index contributed by atoms with van der Waals surface area (Å²) in [5, 5.41) is 16.3. The van der Waals surface area contributed by atoms with Gasteiger partial charge in [-0.1, -0.05) is 17.9 Å². The molecule has 0 aromatic carbocycles. The summed E-state index contributed by atoms with van der Waals surface area (Å²) in [6, 6.07) is 0. The second kappa shape index (κ2) is 6.01.